The van der Waals surface area contributed by atoms with Crippen LogP contribution in [0.5, 0.6) is 0 Å². The molecule has 2 aromatic rings. The zero-order valence-electron chi connectivity index (χ0n) is 17.1. The molecule has 0 heterocycles. The summed E-state index contributed by atoms with van der Waals surface area (Å²) >= 11 is 0. The number of hydrogen-bond donors (Lipinski definition) is 3. The monoisotopic (exact) mass is 420 g/mol. The van der Waals surface area contributed by atoms with Crippen LogP contribution >= 0.6 is 0 Å². The van der Waals surface area contributed by atoms with Gasteiger partial charge in [-0.25, -0.2) is 22.5 Å². The van der Waals surface area contributed by atoms with Crippen LogP contribution < -0.4 is 15.4 Å². The van der Waals surface area contributed by atoms with E-state index in [9.17, 15) is 12.8 Å². The highest BCUT2D eigenvalue weighted by molar-refractivity contribution is 7.89. The van der Waals surface area contributed by atoms with Gasteiger partial charge in [0.25, 0.3) is 0 Å². The van der Waals surface area contributed by atoms with Crippen LogP contribution in [0.1, 0.15) is 31.9 Å². The molecular weight excluding hydrogens is 391 g/mol. The van der Waals surface area contributed by atoms with Gasteiger partial charge < -0.3 is 10.6 Å². The standard InChI is InChI=1S/C21H29FN4O2S/c1-4-23-21(24-13-16(2)3)25-14-18-8-6-10-20(12-18)29(27,28)26-15-17-7-5-9-19(22)11-17/h5-12,16,26H,4,13-15H2,1-3H3,(H2,23,24,25). The Kier molecular flexibility index (Phi) is 8.60. The largest absolute Gasteiger partial charge is 0.357 e. The fraction of sp³-hybridized carbons (Fsp3) is 0.381. The number of nitrogens with zero attached hydrogens (tertiary/aromatic N) is 1. The fourth-order valence-corrected chi connectivity index (χ4v) is 3.62. The van der Waals surface area contributed by atoms with Crippen molar-refractivity contribution in [1.29, 1.82) is 0 Å². The summed E-state index contributed by atoms with van der Waals surface area (Å²) in [6.07, 6.45) is 0. The molecule has 0 aliphatic rings. The number of aliphatic imine (C=N–C) groups is 1. The van der Waals surface area contributed by atoms with Crippen molar-refractivity contribution in [2.24, 2.45) is 10.9 Å². The number of nitrogens with one attached hydrogen (secondary N) is 3. The Morgan fingerprint density at radius 2 is 1.79 bits per heavy atom. The van der Waals surface area contributed by atoms with Crippen molar-refractivity contribution in [3.05, 3.63) is 65.5 Å². The van der Waals surface area contributed by atoms with Crippen molar-refractivity contribution in [2.75, 3.05) is 13.1 Å². The van der Waals surface area contributed by atoms with Crippen molar-refractivity contribution in [2.45, 2.75) is 38.8 Å². The van der Waals surface area contributed by atoms with Crippen LogP contribution in [0.2, 0.25) is 0 Å². The normalized spacial score (nSPS) is 12.2. The number of hydrogen-bond acceptors (Lipinski definition) is 3. The van der Waals surface area contributed by atoms with E-state index in [0.717, 1.165) is 18.7 Å². The Hall–Kier alpha value is -2.45. The van der Waals surface area contributed by atoms with E-state index < -0.39 is 15.8 Å². The average Bonchev–Trinajstić information content (AvgIpc) is 2.69. The molecule has 3 N–H and O–H groups in total. The molecule has 0 amide bonds. The molecule has 0 fully saturated rings. The third kappa shape index (κ3) is 7.83. The molecular formula is C21H29FN4O2S. The quantitative estimate of drug-likeness (QED) is 0.430. The first-order valence-electron chi connectivity index (χ1n) is 9.65. The first kappa shape index (κ1) is 22.8. The van der Waals surface area contributed by atoms with Gasteiger partial charge in [0, 0.05) is 19.6 Å². The summed E-state index contributed by atoms with van der Waals surface area (Å²) in [6, 6.07) is 12.5. The molecule has 0 radical (unpaired) electrons. The van der Waals surface area contributed by atoms with Crippen molar-refractivity contribution in [3.63, 3.8) is 0 Å². The van der Waals surface area contributed by atoms with Gasteiger partial charge in [0.1, 0.15) is 5.82 Å². The third-order valence-corrected chi connectivity index (χ3v) is 5.40. The van der Waals surface area contributed by atoms with E-state index in [4.69, 9.17) is 0 Å². The average molecular weight is 421 g/mol. The third-order valence-electron chi connectivity index (χ3n) is 4.01. The van der Waals surface area contributed by atoms with Crippen molar-refractivity contribution in [3.8, 4) is 0 Å². The van der Waals surface area contributed by atoms with Gasteiger partial charge in [-0.2, -0.15) is 0 Å². The van der Waals surface area contributed by atoms with Gasteiger partial charge in [0.2, 0.25) is 10.0 Å². The summed E-state index contributed by atoms with van der Waals surface area (Å²) in [5.41, 5.74) is 1.33. The molecule has 0 unspecified atom stereocenters. The highest BCUT2D eigenvalue weighted by atomic mass is 32.2. The maximum Gasteiger partial charge on any atom is 0.240 e. The lowest BCUT2D eigenvalue weighted by Crippen LogP contribution is -2.39. The van der Waals surface area contributed by atoms with Crippen LogP contribution in [-0.2, 0) is 23.1 Å². The zero-order chi connectivity index (χ0) is 21.3. The second-order valence-electron chi connectivity index (χ2n) is 7.07. The van der Waals surface area contributed by atoms with Crippen molar-refractivity contribution in [1.82, 2.24) is 15.4 Å². The molecule has 0 aliphatic heterocycles. The highest BCUT2D eigenvalue weighted by Crippen LogP contribution is 2.13. The van der Waals surface area contributed by atoms with Crippen molar-refractivity contribution >= 4 is 16.0 Å². The number of halogens is 1. The van der Waals surface area contributed by atoms with Crippen LogP contribution in [0, 0.1) is 11.7 Å². The molecule has 2 rings (SSSR count). The Morgan fingerprint density at radius 3 is 2.48 bits per heavy atom. The Bertz CT molecular complexity index is 930. The van der Waals surface area contributed by atoms with Crippen LogP contribution in [-0.4, -0.2) is 27.5 Å². The summed E-state index contributed by atoms with van der Waals surface area (Å²) in [6.45, 7) is 8.12. The number of sulfonamides is 1. The van der Waals surface area contributed by atoms with E-state index in [1.807, 2.05) is 13.0 Å². The molecule has 29 heavy (non-hydrogen) atoms. The van der Waals surface area contributed by atoms with Crippen molar-refractivity contribution < 1.29 is 12.8 Å². The molecule has 0 aromatic heterocycles. The molecule has 0 spiro atoms. The van der Waals surface area contributed by atoms with Gasteiger partial charge >= 0.3 is 0 Å². The minimum absolute atomic E-state index is 0.0200. The first-order chi connectivity index (χ1) is 13.8. The molecule has 0 aliphatic carbocycles. The molecule has 2 aromatic carbocycles. The molecule has 158 valence electrons. The number of rotatable bonds is 9. The van der Waals surface area contributed by atoms with Crippen LogP contribution in [0.25, 0.3) is 0 Å². The minimum atomic E-state index is -3.72. The maximum atomic E-state index is 13.3. The summed E-state index contributed by atoms with van der Waals surface area (Å²) < 4.78 is 41.0. The number of benzene rings is 2. The van der Waals surface area contributed by atoms with Gasteiger partial charge in [-0.05, 0) is 48.2 Å². The maximum absolute atomic E-state index is 13.3. The predicted octanol–water partition coefficient (Wildman–Crippen LogP) is 3.02. The van der Waals surface area contributed by atoms with Gasteiger partial charge in [0.15, 0.2) is 5.96 Å². The zero-order valence-corrected chi connectivity index (χ0v) is 17.9. The predicted molar refractivity (Wildman–Crippen MR) is 115 cm³/mol. The van der Waals surface area contributed by atoms with E-state index >= 15 is 0 Å². The van der Waals surface area contributed by atoms with Crippen LogP contribution in [0.15, 0.2) is 58.4 Å². The van der Waals surface area contributed by atoms with E-state index in [-0.39, 0.29) is 11.4 Å². The van der Waals surface area contributed by atoms with E-state index in [0.29, 0.717) is 24.0 Å². The molecule has 0 bridgehead atoms. The molecule has 0 saturated carbocycles. The molecule has 0 saturated heterocycles. The van der Waals surface area contributed by atoms with E-state index in [1.54, 1.807) is 24.3 Å². The SMILES string of the molecule is CCNC(=NCc1cccc(S(=O)(=O)NCc2cccc(F)c2)c1)NCC(C)C. The topological polar surface area (TPSA) is 82.6 Å². The second kappa shape index (κ2) is 10.9. The fourth-order valence-electron chi connectivity index (χ4n) is 2.53. The molecule has 0 atom stereocenters. The summed E-state index contributed by atoms with van der Waals surface area (Å²) in [7, 11) is -3.72. The van der Waals surface area contributed by atoms with Gasteiger partial charge in [-0.1, -0.05) is 38.1 Å². The minimum Gasteiger partial charge on any atom is -0.357 e. The van der Waals surface area contributed by atoms with Crippen LogP contribution in [0.4, 0.5) is 4.39 Å². The smallest absolute Gasteiger partial charge is 0.240 e. The Labute approximate surface area is 172 Å². The van der Waals surface area contributed by atoms with E-state index in [2.05, 4.69) is 34.2 Å². The van der Waals surface area contributed by atoms with Gasteiger partial charge in [-0.15, -0.1) is 0 Å². The highest BCUT2D eigenvalue weighted by Gasteiger charge is 2.14. The molecule has 6 nitrogen and oxygen atoms in total. The first-order valence-corrected chi connectivity index (χ1v) is 11.1. The number of guanidine groups is 1. The molecule has 8 heteroatoms. The summed E-state index contributed by atoms with van der Waals surface area (Å²) in [5, 5.41) is 6.43. The lowest BCUT2D eigenvalue weighted by atomic mass is 10.2. The Morgan fingerprint density at radius 1 is 1.07 bits per heavy atom. The lowest BCUT2D eigenvalue weighted by molar-refractivity contribution is 0.580. The van der Waals surface area contributed by atoms with Gasteiger partial charge in [-0.3, -0.25) is 0 Å². The second-order valence-corrected chi connectivity index (χ2v) is 8.84. The van der Waals surface area contributed by atoms with E-state index in [1.165, 1.54) is 18.2 Å². The van der Waals surface area contributed by atoms with Crippen LogP contribution in [0.3, 0.4) is 0 Å². The summed E-state index contributed by atoms with van der Waals surface area (Å²) in [5.74, 6) is 0.777. The summed E-state index contributed by atoms with van der Waals surface area (Å²) in [4.78, 5) is 4.67. The van der Waals surface area contributed by atoms with Gasteiger partial charge in [0.05, 0.1) is 11.4 Å². The lowest BCUT2D eigenvalue weighted by Gasteiger charge is -2.13. The Balaban J connectivity index is 2.07.